The number of hydrogen-bond donors (Lipinski definition) is 1. The van der Waals surface area contributed by atoms with Gasteiger partial charge in [-0.15, -0.1) is 0 Å². The second kappa shape index (κ2) is 5.26. The van der Waals surface area contributed by atoms with Crippen molar-refractivity contribution in [2.45, 2.75) is 32.2 Å². The van der Waals surface area contributed by atoms with Crippen LogP contribution in [0.5, 0.6) is 0 Å². The van der Waals surface area contributed by atoms with Crippen molar-refractivity contribution in [3.8, 4) is 0 Å². The van der Waals surface area contributed by atoms with E-state index in [0.717, 1.165) is 25.1 Å². The van der Waals surface area contributed by atoms with Gasteiger partial charge in [-0.1, -0.05) is 6.07 Å². The minimum Gasteiger partial charge on any atom is -0.481 e. The van der Waals surface area contributed by atoms with Crippen molar-refractivity contribution in [3.05, 3.63) is 33.9 Å². The smallest absolute Gasteiger partial charge is 0.305 e. The topological polar surface area (TPSA) is 83.7 Å². The van der Waals surface area contributed by atoms with Gasteiger partial charge in [-0.05, 0) is 25.8 Å². The van der Waals surface area contributed by atoms with Gasteiger partial charge >= 0.3 is 5.97 Å². The summed E-state index contributed by atoms with van der Waals surface area (Å²) in [6.45, 7) is 2.46. The van der Waals surface area contributed by atoms with E-state index in [2.05, 4.69) is 0 Å². The lowest BCUT2D eigenvalue weighted by molar-refractivity contribution is -0.385. The highest BCUT2D eigenvalue weighted by Crippen LogP contribution is 2.33. The minimum absolute atomic E-state index is 0.0711. The first-order valence-corrected chi connectivity index (χ1v) is 6.23. The molecule has 0 aliphatic carbocycles. The first-order chi connectivity index (χ1) is 9.00. The number of hydrogen-bond acceptors (Lipinski definition) is 4. The van der Waals surface area contributed by atoms with Crippen LogP contribution in [0.3, 0.4) is 0 Å². The average molecular weight is 264 g/mol. The molecular formula is C13H16N2O4. The Hall–Kier alpha value is -2.11. The molecule has 1 fully saturated rings. The predicted octanol–water partition coefficient (Wildman–Crippen LogP) is 2.35. The van der Waals surface area contributed by atoms with Gasteiger partial charge in [0.25, 0.3) is 5.69 Å². The van der Waals surface area contributed by atoms with E-state index in [1.165, 1.54) is 6.07 Å². The molecular weight excluding hydrogens is 248 g/mol. The molecule has 19 heavy (non-hydrogen) atoms. The Morgan fingerprint density at radius 1 is 1.58 bits per heavy atom. The summed E-state index contributed by atoms with van der Waals surface area (Å²) in [7, 11) is 0. The molecule has 1 aliphatic heterocycles. The van der Waals surface area contributed by atoms with Crippen molar-refractivity contribution < 1.29 is 14.8 Å². The number of carboxylic acids is 1. The van der Waals surface area contributed by atoms with Crippen LogP contribution < -0.4 is 4.90 Å². The Bertz CT molecular complexity index is 515. The SMILES string of the molecule is Cc1c(N2CCCC2CC(=O)O)cccc1[N+](=O)[O-]. The molecule has 0 amide bonds. The Morgan fingerprint density at radius 3 is 2.95 bits per heavy atom. The van der Waals surface area contributed by atoms with Crippen LogP contribution in [-0.4, -0.2) is 28.6 Å². The first kappa shape index (κ1) is 13.3. The molecule has 0 aromatic heterocycles. The van der Waals surface area contributed by atoms with Crippen LogP contribution in [0.15, 0.2) is 18.2 Å². The van der Waals surface area contributed by atoms with Crippen LogP contribution in [0, 0.1) is 17.0 Å². The summed E-state index contributed by atoms with van der Waals surface area (Å²) >= 11 is 0. The number of nitro benzene ring substituents is 1. The Morgan fingerprint density at radius 2 is 2.32 bits per heavy atom. The highest BCUT2D eigenvalue weighted by molar-refractivity contribution is 5.70. The third kappa shape index (κ3) is 2.67. The van der Waals surface area contributed by atoms with E-state index in [4.69, 9.17) is 5.11 Å². The number of carboxylic acid groups (broad SMARTS) is 1. The molecule has 0 spiro atoms. The fraction of sp³-hybridized carbons (Fsp3) is 0.462. The van der Waals surface area contributed by atoms with E-state index in [1.807, 2.05) is 11.0 Å². The van der Waals surface area contributed by atoms with Gasteiger partial charge in [-0.2, -0.15) is 0 Å². The lowest BCUT2D eigenvalue weighted by atomic mass is 10.1. The maximum Gasteiger partial charge on any atom is 0.305 e. The lowest BCUT2D eigenvalue weighted by Gasteiger charge is -2.27. The maximum absolute atomic E-state index is 10.9. The molecule has 1 aromatic carbocycles. The number of aliphatic carboxylic acids is 1. The number of nitro groups is 1. The van der Waals surface area contributed by atoms with Crippen LogP contribution in [0.2, 0.25) is 0 Å². The number of benzene rings is 1. The Kier molecular flexibility index (Phi) is 3.69. The zero-order valence-corrected chi connectivity index (χ0v) is 10.7. The fourth-order valence-corrected chi connectivity index (χ4v) is 2.69. The van der Waals surface area contributed by atoms with E-state index in [1.54, 1.807) is 13.0 Å². The predicted molar refractivity (Wildman–Crippen MR) is 70.5 cm³/mol. The minimum atomic E-state index is -0.833. The molecule has 1 heterocycles. The summed E-state index contributed by atoms with van der Waals surface area (Å²) in [4.78, 5) is 23.4. The van der Waals surface area contributed by atoms with Crippen molar-refractivity contribution in [2.75, 3.05) is 11.4 Å². The summed E-state index contributed by atoms with van der Waals surface area (Å²) in [5.41, 5.74) is 1.46. The van der Waals surface area contributed by atoms with Gasteiger partial charge in [0.15, 0.2) is 0 Å². The first-order valence-electron chi connectivity index (χ1n) is 6.23. The summed E-state index contributed by atoms with van der Waals surface area (Å²) in [6.07, 6.45) is 1.80. The molecule has 0 radical (unpaired) electrons. The van der Waals surface area contributed by atoms with Crippen LogP contribution in [-0.2, 0) is 4.79 Å². The molecule has 102 valence electrons. The zero-order chi connectivity index (χ0) is 14.0. The molecule has 0 saturated carbocycles. The van der Waals surface area contributed by atoms with Gasteiger partial charge in [0.1, 0.15) is 0 Å². The number of nitrogens with zero attached hydrogens (tertiary/aromatic N) is 2. The Balaban J connectivity index is 2.33. The van der Waals surface area contributed by atoms with Crippen molar-refractivity contribution in [3.63, 3.8) is 0 Å². The van der Waals surface area contributed by atoms with Crippen molar-refractivity contribution >= 4 is 17.3 Å². The van der Waals surface area contributed by atoms with Gasteiger partial charge in [-0.25, -0.2) is 0 Å². The standard InChI is InChI=1S/C13H16N2O4/c1-9-11(5-2-6-12(9)15(18)19)14-7-3-4-10(14)8-13(16)17/h2,5-6,10H,3-4,7-8H2,1H3,(H,16,17). The van der Waals surface area contributed by atoms with E-state index < -0.39 is 10.9 Å². The molecule has 2 rings (SSSR count). The van der Waals surface area contributed by atoms with Crippen LogP contribution in [0.1, 0.15) is 24.8 Å². The Labute approximate surface area is 110 Å². The molecule has 1 aromatic rings. The maximum atomic E-state index is 10.9. The van der Waals surface area contributed by atoms with Gasteiger partial charge in [0.05, 0.1) is 16.9 Å². The van der Waals surface area contributed by atoms with Gasteiger partial charge in [0, 0.05) is 24.3 Å². The van der Waals surface area contributed by atoms with Crippen LogP contribution >= 0.6 is 0 Å². The lowest BCUT2D eigenvalue weighted by Crippen LogP contribution is -2.31. The molecule has 6 nitrogen and oxygen atoms in total. The quantitative estimate of drug-likeness (QED) is 0.666. The molecule has 6 heteroatoms. The fourth-order valence-electron chi connectivity index (χ4n) is 2.69. The van der Waals surface area contributed by atoms with Gasteiger partial charge in [-0.3, -0.25) is 14.9 Å². The number of carbonyl (C=O) groups is 1. The summed E-state index contributed by atoms with van der Waals surface area (Å²) in [5.74, 6) is -0.833. The highest BCUT2D eigenvalue weighted by Gasteiger charge is 2.29. The number of rotatable bonds is 4. The van der Waals surface area contributed by atoms with Crippen LogP contribution in [0.25, 0.3) is 0 Å². The summed E-state index contributed by atoms with van der Waals surface area (Å²) < 4.78 is 0. The molecule has 1 saturated heterocycles. The van der Waals surface area contributed by atoms with Gasteiger partial charge in [0.2, 0.25) is 0 Å². The van der Waals surface area contributed by atoms with Crippen molar-refractivity contribution in [1.29, 1.82) is 0 Å². The molecule has 1 atom stereocenters. The molecule has 1 aliphatic rings. The monoisotopic (exact) mass is 264 g/mol. The van der Waals surface area contributed by atoms with Gasteiger partial charge < -0.3 is 10.0 Å². The van der Waals surface area contributed by atoms with E-state index in [9.17, 15) is 14.9 Å². The van der Waals surface area contributed by atoms with E-state index >= 15 is 0 Å². The highest BCUT2D eigenvalue weighted by atomic mass is 16.6. The van der Waals surface area contributed by atoms with E-state index in [0.29, 0.717) is 5.56 Å². The second-order valence-electron chi connectivity index (χ2n) is 4.77. The summed E-state index contributed by atoms with van der Waals surface area (Å²) in [6, 6.07) is 4.87. The molecule has 1 N–H and O–H groups in total. The third-order valence-electron chi connectivity index (χ3n) is 3.57. The molecule has 1 unspecified atom stereocenters. The zero-order valence-electron chi connectivity index (χ0n) is 10.7. The largest absolute Gasteiger partial charge is 0.481 e. The van der Waals surface area contributed by atoms with E-state index in [-0.39, 0.29) is 18.2 Å². The second-order valence-corrected chi connectivity index (χ2v) is 4.77. The van der Waals surface area contributed by atoms with Crippen LogP contribution in [0.4, 0.5) is 11.4 Å². The number of anilines is 1. The third-order valence-corrected chi connectivity index (χ3v) is 3.57. The summed E-state index contributed by atoms with van der Waals surface area (Å²) in [5, 5.41) is 19.9. The normalized spacial score (nSPS) is 18.6. The van der Waals surface area contributed by atoms with Crippen molar-refractivity contribution in [2.24, 2.45) is 0 Å². The van der Waals surface area contributed by atoms with Crippen molar-refractivity contribution in [1.82, 2.24) is 0 Å². The molecule has 0 bridgehead atoms. The average Bonchev–Trinajstić information content (AvgIpc) is 2.76.